The number of carbonyl (C=O) groups is 1. The lowest BCUT2D eigenvalue weighted by Crippen LogP contribution is -2.39. The maximum atomic E-state index is 13.8. The number of aromatic nitrogens is 2. The van der Waals surface area contributed by atoms with E-state index in [0.29, 0.717) is 5.69 Å². The van der Waals surface area contributed by atoms with Gasteiger partial charge < -0.3 is 20.3 Å². The van der Waals surface area contributed by atoms with E-state index in [-0.39, 0.29) is 42.0 Å². The Morgan fingerprint density at radius 1 is 1.08 bits per heavy atom. The van der Waals surface area contributed by atoms with Gasteiger partial charge in [0.05, 0.1) is 12.1 Å². The van der Waals surface area contributed by atoms with E-state index < -0.39 is 17.3 Å². The Bertz CT molecular complexity index is 1210. The van der Waals surface area contributed by atoms with Gasteiger partial charge in [-0.15, -0.1) is 0 Å². The molecule has 11 heteroatoms. The lowest BCUT2D eigenvalue weighted by molar-refractivity contribution is -0.137. The molecule has 3 heterocycles. The average Bonchev–Trinajstić information content (AvgIpc) is 3.51. The first-order chi connectivity index (χ1) is 17.8. The summed E-state index contributed by atoms with van der Waals surface area (Å²) in [4.78, 5) is 25.0. The van der Waals surface area contributed by atoms with Crippen molar-refractivity contribution < 1.29 is 22.7 Å². The van der Waals surface area contributed by atoms with Crippen molar-refractivity contribution in [3.05, 3.63) is 41.1 Å². The van der Waals surface area contributed by atoms with Crippen LogP contribution in [0.3, 0.4) is 0 Å². The normalized spacial score (nSPS) is 24.6. The van der Waals surface area contributed by atoms with Crippen LogP contribution in [0.1, 0.15) is 81.6 Å². The molecule has 4 atom stereocenters. The number of nitrogens with one attached hydrogen (secondary N) is 2. The highest BCUT2D eigenvalue weighted by Gasteiger charge is 2.48. The minimum absolute atomic E-state index is 0.0342. The van der Waals surface area contributed by atoms with Crippen molar-refractivity contribution in [2.45, 2.75) is 88.8 Å². The highest BCUT2D eigenvalue weighted by molar-refractivity contribution is 5.73. The van der Waals surface area contributed by atoms with Crippen molar-refractivity contribution in [2.24, 2.45) is 0 Å². The maximum absolute atomic E-state index is 13.8. The lowest BCUT2D eigenvalue weighted by Gasteiger charge is -2.28. The molecule has 2 N–H and O–H groups in total. The van der Waals surface area contributed by atoms with Crippen molar-refractivity contribution >= 4 is 23.5 Å². The van der Waals surface area contributed by atoms with Crippen LogP contribution in [0.2, 0.25) is 0 Å². The first kappa shape index (κ1) is 26.5. The molecule has 2 bridgehead atoms. The molecule has 2 fully saturated rings. The standard InChI is InChI=1S/C27H35F3N6O2/c1-26(2,3)38-25(37)36-20-11-12-21(36)17-13-15(9-10-16(17)20)32-24-31-14-18(27(28,29)30)23(34-24)33-19-7-6-8-22(19)35(4)5/h9-10,13-14,19-22H,6-8,11-12H2,1-5H3,(H2,31,32,33,34)/t19-,20?,21?,22-/m1/s1. The van der Waals surface area contributed by atoms with Crippen LogP contribution >= 0.6 is 0 Å². The number of amides is 1. The number of alkyl halides is 3. The molecule has 8 nitrogen and oxygen atoms in total. The quantitative estimate of drug-likeness (QED) is 0.470. The zero-order valence-electron chi connectivity index (χ0n) is 22.4. The molecule has 206 valence electrons. The van der Waals surface area contributed by atoms with Crippen LogP contribution < -0.4 is 10.6 Å². The summed E-state index contributed by atoms with van der Waals surface area (Å²) in [5.74, 6) is -0.142. The summed E-state index contributed by atoms with van der Waals surface area (Å²) < 4.78 is 47.0. The van der Waals surface area contributed by atoms with E-state index in [0.717, 1.165) is 49.4 Å². The maximum Gasteiger partial charge on any atom is 0.421 e. The van der Waals surface area contributed by atoms with Crippen LogP contribution in [-0.4, -0.2) is 57.6 Å². The van der Waals surface area contributed by atoms with Crippen molar-refractivity contribution in [1.29, 1.82) is 0 Å². The van der Waals surface area contributed by atoms with E-state index >= 15 is 0 Å². The van der Waals surface area contributed by atoms with E-state index in [1.54, 1.807) is 4.90 Å². The molecule has 2 aromatic rings. The molecule has 1 saturated carbocycles. The molecule has 1 aromatic carbocycles. The van der Waals surface area contributed by atoms with Gasteiger partial charge in [-0.2, -0.15) is 18.2 Å². The number of ether oxygens (including phenoxy) is 1. The highest BCUT2D eigenvalue weighted by atomic mass is 19.4. The topological polar surface area (TPSA) is 82.6 Å². The molecule has 2 aliphatic heterocycles. The minimum atomic E-state index is -4.58. The summed E-state index contributed by atoms with van der Waals surface area (Å²) in [7, 11) is 3.87. The van der Waals surface area contributed by atoms with E-state index in [4.69, 9.17) is 4.74 Å². The fourth-order valence-electron chi connectivity index (χ4n) is 6.03. The van der Waals surface area contributed by atoms with Gasteiger partial charge in [0.2, 0.25) is 5.95 Å². The number of benzene rings is 1. The molecule has 1 saturated heterocycles. The number of nitrogens with zero attached hydrogens (tertiary/aromatic N) is 4. The largest absolute Gasteiger partial charge is 0.444 e. The second-order valence-electron chi connectivity index (χ2n) is 11.6. The molecule has 38 heavy (non-hydrogen) atoms. The molecule has 3 aliphatic rings. The van der Waals surface area contributed by atoms with Crippen LogP contribution in [0, 0.1) is 0 Å². The molecule has 2 unspecified atom stereocenters. The van der Waals surface area contributed by atoms with Gasteiger partial charge in [-0.25, -0.2) is 9.78 Å². The summed E-state index contributed by atoms with van der Waals surface area (Å²) in [5.41, 5.74) is 1.27. The van der Waals surface area contributed by atoms with Gasteiger partial charge >= 0.3 is 12.3 Å². The zero-order chi connectivity index (χ0) is 27.4. The third-order valence-corrected chi connectivity index (χ3v) is 7.61. The number of anilines is 3. The van der Waals surface area contributed by atoms with Gasteiger partial charge in [0.1, 0.15) is 17.0 Å². The Kier molecular flexibility index (Phi) is 6.69. The van der Waals surface area contributed by atoms with Gasteiger partial charge in [0.25, 0.3) is 0 Å². The van der Waals surface area contributed by atoms with E-state index in [2.05, 4.69) is 20.6 Å². The number of halogens is 3. The van der Waals surface area contributed by atoms with Gasteiger partial charge in [-0.3, -0.25) is 4.90 Å². The van der Waals surface area contributed by atoms with Gasteiger partial charge in [-0.1, -0.05) is 6.07 Å². The summed E-state index contributed by atoms with van der Waals surface area (Å²) in [6.45, 7) is 5.54. The number of hydrogen-bond donors (Lipinski definition) is 2. The predicted octanol–water partition coefficient (Wildman–Crippen LogP) is 6.26. The average molecular weight is 533 g/mol. The number of fused-ring (bicyclic) bond motifs is 5. The highest BCUT2D eigenvalue weighted by Crippen LogP contribution is 2.54. The third kappa shape index (κ3) is 5.12. The first-order valence-electron chi connectivity index (χ1n) is 13.1. The second kappa shape index (κ2) is 9.59. The fourth-order valence-corrected chi connectivity index (χ4v) is 6.03. The lowest BCUT2D eigenvalue weighted by atomic mass is 9.91. The van der Waals surface area contributed by atoms with Crippen molar-refractivity contribution in [3.63, 3.8) is 0 Å². The molecule has 1 amide bonds. The van der Waals surface area contributed by atoms with Crippen molar-refractivity contribution in [1.82, 2.24) is 19.8 Å². The minimum Gasteiger partial charge on any atom is -0.444 e. The molecule has 1 aliphatic carbocycles. The Morgan fingerprint density at radius 2 is 1.79 bits per heavy atom. The van der Waals surface area contributed by atoms with Crippen LogP contribution in [0.25, 0.3) is 0 Å². The zero-order valence-corrected chi connectivity index (χ0v) is 22.4. The molecule has 1 aromatic heterocycles. The molecule has 0 radical (unpaired) electrons. The number of carbonyl (C=O) groups excluding carboxylic acids is 1. The van der Waals surface area contributed by atoms with Crippen LogP contribution in [0.15, 0.2) is 24.4 Å². The van der Waals surface area contributed by atoms with Gasteiger partial charge in [0.15, 0.2) is 0 Å². The van der Waals surface area contributed by atoms with Crippen molar-refractivity contribution in [2.75, 3.05) is 24.7 Å². The molecular formula is C27H35F3N6O2. The van der Waals surface area contributed by atoms with Crippen LogP contribution in [0.5, 0.6) is 0 Å². The Balaban J connectivity index is 1.38. The molecular weight excluding hydrogens is 497 g/mol. The number of hydrogen-bond acceptors (Lipinski definition) is 7. The Hall–Kier alpha value is -3.08. The van der Waals surface area contributed by atoms with E-state index in [9.17, 15) is 18.0 Å². The number of likely N-dealkylation sites (N-methyl/N-ethyl adjacent to an activating group) is 1. The Labute approximate surface area is 221 Å². The fraction of sp³-hybridized carbons (Fsp3) is 0.593. The van der Waals surface area contributed by atoms with Gasteiger partial charge in [0, 0.05) is 24.0 Å². The molecule has 5 rings (SSSR count). The summed E-state index contributed by atoms with van der Waals surface area (Å²) in [5, 5.41) is 6.14. The SMILES string of the molecule is CN(C)[C@@H]1CCC[C@H]1Nc1nc(Nc2ccc3c(c2)C2CCC3N2C(=O)OC(C)(C)C)ncc1C(F)(F)F. The summed E-state index contributed by atoms with van der Waals surface area (Å²) in [6, 6.07) is 5.60. The van der Waals surface area contributed by atoms with Crippen molar-refractivity contribution in [3.8, 4) is 0 Å². The van der Waals surface area contributed by atoms with E-state index in [1.165, 1.54) is 0 Å². The van der Waals surface area contributed by atoms with Crippen LogP contribution in [-0.2, 0) is 10.9 Å². The summed E-state index contributed by atoms with van der Waals surface area (Å²) in [6.07, 6.45) is 0.252. The third-order valence-electron chi connectivity index (χ3n) is 7.61. The van der Waals surface area contributed by atoms with Gasteiger partial charge in [-0.05, 0) is 90.2 Å². The summed E-state index contributed by atoms with van der Waals surface area (Å²) >= 11 is 0. The smallest absolute Gasteiger partial charge is 0.421 e. The van der Waals surface area contributed by atoms with E-state index in [1.807, 2.05) is 58.0 Å². The number of rotatable bonds is 5. The Morgan fingerprint density at radius 3 is 2.45 bits per heavy atom. The predicted molar refractivity (Wildman–Crippen MR) is 138 cm³/mol. The monoisotopic (exact) mass is 532 g/mol. The van der Waals surface area contributed by atoms with Crippen LogP contribution in [0.4, 0.5) is 35.4 Å². The second-order valence-corrected chi connectivity index (χ2v) is 11.6. The molecule has 0 spiro atoms. The first-order valence-corrected chi connectivity index (χ1v) is 13.1.